The maximum Gasteiger partial charge on any atom is 0.230 e. The van der Waals surface area contributed by atoms with Gasteiger partial charge in [0.25, 0.3) is 0 Å². The molecule has 7 heteroatoms. The first-order chi connectivity index (χ1) is 5.88. The maximum absolute atomic E-state index is 10.8. The van der Waals surface area contributed by atoms with Crippen molar-refractivity contribution in [2.24, 2.45) is 0 Å². The van der Waals surface area contributed by atoms with Crippen LogP contribution in [0.3, 0.4) is 0 Å². The molecule has 0 aliphatic carbocycles. The molecule has 0 aromatic carbocycles. The number of nitrogens with zero attached hydrogens (tertiary/aromatic N) is 1. The monoisotopic (exact) mass is 284 g/mol. The molecule has 0 saturated carbocycles. The van der Waals surface area contributed by atoms with E-state index in [1.54, 1.807) is 0 Å². The Morgan fingerprint density at radius 1 is 1.62 bits per heavy atom. The third kappa shape index (κ3) is 3.50. The highest BCUT2D eigenvalue weighted by Crippen LogP contribution is 2.23. The average Bonchev–Trinajstić information content (AvgIpc) is 1.94. The van der Waals surface area contributed by atoms with Gasteiger partial charge in [-0.2, -0.15) is 0 Å². The van der Waals surface area contributed by atoms with Gasteiger partial charge in [0.15, 0.2) is 0 Å². The van der Waals surface area contributed by atoms with Crippen LogP contribution in [0.25, 0.3) is 0 Å². The number of halogens is 2. The Bertz CT molecular complexity index is 421. The number of aromatic nitrogens is 1. The minimum atomic E-state index is -3.29. The molecule has 0 spiro atoms. The molecule has 0 bridgehead atoms. The van der Waals surface area contributed by atoms with Gasteiger partial charge in [-0.1, -0.05) is 11.6 Å². The van der Waals surface area contributed by atoms with E-state index >= 15 is 0 Å². The molecule has 0 radical (unpaired) electrons. The van der Waals surface area contributed by atoms with Gasteiger partial charge in [-0.3, -0.25) is 4.72 Å². The molecular weight excluding hydrogens is 280 g/mol. The van der Waals surface area contributed by atoms with Crippen molar-refractivity contribution in [3.8, 4) is 0 Å². The molecule has 0 amide bonds. The molecule has 0 aliphatic rings. The average molecular weight is 286 g/mol. The van der Waals surface area contributed by atoms with Crippen molar-refractivity contribution in [1.82, 2.24) is 4.98 Å². The van der Waals surface area contributed by atoms with Crippen molar-refractivity contribution in [2.45, 2.75) is 0 Å². The molecule has 0 aliphatic heterocycles. The Morgan fingerprint density at radius 3 is 2.69 bits per heavy atom. The zero-order valence-electron chi connectivity index (χ0n) is 6.58. The van der Waals surface area contributed by atoms with Crippen molar-refractivity contribution >= 4 is 43.4 Å². The van der Waals surface area contributed by atoms with E-state index in [4.69, 9.17) is 11.6 Å². The molecule has 72 valence electrons. The number of sulfonamides is 1. The van der Waals surface area contributed by atoms with Crippen LogP contribution in [0.4, 0.5) is 5.82 Å². The minimum absolute atomic E-state index is 0.204. The summed E-state index contributed by atoms with van der Waals surface area (Å²) in [6.07, 6.45) is 2.47. The van der Waals surface area contributed by atoms with E-state index in [-0.39, 0.29) is 5.82 Å². The van der Waals surface area contributed by atoms with E-state index in [2.05, 4.69) is 25.6 Å². The van der Waals surface area contributed by atoms with Crippen molar-refractivity contribution in [2.75, 3.05) is 11.0 Å². The fourth-order valence-electron chi connectivity index (χ4n) is 0.660. The quantitative estimate of drug-likeness (QED) is 0.902. The molecule has 1 rings (SSSR count). The summed E-state index contributed by atoms with van der Waals surface area (Å²) in [7, 11) is -3.29. The topological polar surface area (TPSA) is 59.1 Å². The standard InChI is InChI=1S/C6H6BrClN2O2S/c1-13(11,12)10-6-2-5(8)4(7)3-9-6/h2-3H,1H3,(H,9,10). The molecule has 0 atom stereocenters. The molecule has 0 fully saturated rings. The summed E-state index contributed by atoms with van der Waals surface area (Å²) in [4.78, 5) is 3.80. The molecule has 13 heavy (non-hydrogen) atoms. The number of hydrogen-bond donors (Lipinski definition) is 1. The Morgan fingerprint density at radius 2 is 2.23 bits per heavy atom. The second-order valence-corrected chi connectivity index (χ2v) is 5.37. The number of pyridine rings is 1. The zero-order chi connectivity index (χ0) is 10.1. The zero-order valence-corrected chi connectivity index (χ0v) is 9.74. The second-order valence-electron chi connectivity index (χ2n) is 2.36. The first-order valence-electron chi connectivity index (χ1n) is 3.17. The van der Waals surface area contributed by atoms with E-state index in [0.717, 1.165) is 6.26 Å². The lowest BCUT2D eigenvalue weighted by Crippen LogP contribution is -2.10. The van der Waals surface area contributed by atoms with E-state index in [1.807, 2.05) is 0 Å². The van der Waals surface area contributed by atoms with Crippen LogP contribution in [0.5, 0.6) is 0 Å². The third-order valence-corrected chi connectivity index (χ3v) is 2.85. The highest BCUT2D eigenvalue weighted by atomic mass is 79.9. The van der Waals surface area contributed by atoms with E-state index in [0.29, 0.717) is 9.50 Å². The molecule has 4 nitrogen and oxygen atoms in total. The summed E-state index contributed by atoms with van der Waals surface area (Å²) in [6.45, 7) is 0. The van der Waals surface area contributed by atoms with Crippen LogP contribution in [0.2, 0.25) is 5.02 Å². The predicted molar refractivity (Wildman–Crippen MR) is 55.4 cm³/mol. The minimum Gasteiger partial charge on any atom is -0.268 e. The summed E-state index contributed by atoms with van der Waals surface area (Å²) < 4.78 is 24.4. The molecule has 0 unspecified atom stereocenters. The van der Waals surface area contributed by atoms with Crippen LogP contribution >= 0.6 is 27.5 Å². The lowest BCUT2D eigenvalue weighted by Gasteiger charge is -2.03. The Kier molecular flexibility index (Phi) is 3.15. The SMILES string of the molecule is CS(=O)(=O)Nc1cc(Cl)c(Br)cn1. The van der Waals surface area contributed by atoms with Crippen LogP contribution in [0, 0.1) is 0 Å². The van der Waals surface area contributed by atoms with Gasteiger partial charge in [0.1, 0.15) is 5.82 Å². The molecule has 0 saturated heterocycles. The van der Waals surface area contributed by atoms with Gasteiger partial charge in [-0.25, -0.2) is 13.4 Å². The molecule has 1 heterocycles. The summed E-state index contributed by atoms with van der Waals surface area (Å²) in [5.74, 6) is 0.204. The lowest BCUT2D eigenvalue weighted by atomic mass is 10.5. The normalized spacial score (nSPS) is 11.3. The number of anilines is 1. The summed E-state index contributed by atoms with van der Waals surface area (Å²) in [6, 6.07) is 1.42. The van der Waals surface area contributed by atoms with Gasteiger partial charge >= 0.3 is 0 Å². The smallest absolute Gasteiger partial charge is 0.230 e. The van der Waals surface area contributed by atoms with Gasteiger partial charge in [0.05, 0.1) is 15.8 Å². The molecule has 1 aromatic rings. The molecule has 1 N–H and O–H groups in total. The fourth-order valence-corrected chi connectivity index (χ4v) is 1.52. The van der Waals surface area contributed by atoms with Crippen molar-refractivity contribution in [3.05, 3.63) is 21.8 Å². The summed E-state index contributed by atoms with van der Waals surface area (Å²) in [5.41, 5.74) is 0. The Balaban J connectivity index is 2.99. The van der Waals surface area contributed by atoms with Gasteiger partial charge in [0.2, 0.25) is 10.0 Å². The number of rotatable bonds is 2. The van der Waals surface area contributed by atoms with Crippen LogP contribution in [-0.2, 0) is 10.0 Å². The first-order valence-corrected chi connectivity index (χ1v) is 6.23. The largest absolute Gasteiger partial charge is 0.268 e. The van der Waals surface area contributed by atoms with E-state index < -0.39 is 10.0 Å². The fraction of sp³-hybridized carbons (Fsp3) is 0.167. The summed E-state index contributed by atoms with van der Waals surface area (Å²) >= 11 is 8.86. The third-order valence-electron chi connectivity index (χ3n) is 1.10. The van der Waals surface area contributed by atoms with E-state index in [9.17, 15) is 8.42 Å². The van der Waals surface area contributed by atoms with Crippen molar-refractivity contribution < 1.29 is 8.42 Å². The Labute approximate surface area is 89.5 Å². The second kappa shape index (κ2) is 3.81. The lowest BCUT2D eigenvalue weighted by molar-refractivity contribution is 0.606. The highest BCUT2D eigenvalue weighted by molar-refractivity contribution is 9.10. The molecular formula is C6H6BrClN2O2S. The van der Waals surface area contributed by atoms with Crippen LogP contribution in [0.1, 0.15) is 0 Å². The van der Waals surface area contributed by atoms with Crippen LogP contribution in [0.15, 0.2) is 16.7 Å². The molecule has 1 aromatic heterocycles. The van der Waals surface area contributed by atoms with Crippen LogP contribution in [-0.4, -0.2) is 19.7 Å². The predicted octanol–water partition coefficient (Wildman–Crippen LogP) is 1.87. The van der Waals surface area contributed by atoms with Gasteiger partial charge in [-0.15, -0.1) is 0 Å². The summed E-state index contributed by atoms with van der Waals surface area (Å²) in [5, 5.41) is 0.404. The van der Waals surface area contributed by atoms with Crippen molar-refractivity contribution in [1.29, 1.82) is 0 Å². The maximum atomic E-state index is 10.8. The first kappa shape index (κ1) is 10.7. The van der Waals surface area contributed by atoms with Crippen LogP contribution < -0.4 is 4.72 Å². The van der Waals surface area contributed by atoms with Gasteiger partial charge in [0, 0.05) is 12.3 Å². The number of nitrogens with one attached hydrogen (secondary N) is 1. The highest BCUT2D eigenvalue weighted by Gasteiger charge is 2.04. The van der Waals surface area contributed by atoms with Gasteiger partial charge in [-0.05, 0) is 15.9 Å². The van der Waals surface area contributed by atoms with E-state index in [1.165, 1.54) is 12.3 Å². The Hall–Kier alpha value is -0.330. The number of hydrogen-bond acceptors (Lipinski definition) is 3. The van der Waals surface area contributed by atoms with Crippen molar-refractivity contribution in [3.63, 3.8) is 0 Å². The van der Waals surface area contributed by atoms with Gasteiger partial charge < -0.3 is 0 Å².